The fraction of sp³-hybridized carbons (Fsp3) is 0.400. The van der Waals surface area contributed by atoms with Crippen LogP contribution in [0.25, 0.3) is 0 Å². The molecule has 0 aromatic carbocycles. The molecule has 0 amide bonds. The fourth-order valence-corrected chi connectivity index (χ4v) is 1.31. The number of carbonyl (C=O) groups is 1. The van der Waals surface area contributed by atoms with Gasteiger partial charge in [0.05, 0.1) is 6.61 Å². The Balaban J connectivity index is 3.34. The highest BCUT2D eigenvalue weighted by Gasteiger charge is 2.33. The molecule has 112 valence electrons. The number of alkyl halides is 5. The number of nitrogens with one attached hydrogen (secondary N) is 1. The predicted molar refractivity (Wildman–Crippen MR) is 54.7 cm³/mol. The summed E-state index contributed by atoms with van der Waals surface area (Å²) in [4.78, 5) is 24.4. The van der Waals surface area contributed by atoms with Gasteiger partial charge in [-0.25, -0.2) is 13.6 Å². The quantitative estimate of drug-likeness (QED) is 0.685. The van der Waals surface area contributed by atoms with Gasteiger partial charge in [0.15, 0.2) is 5.43 Å². The second-order valence-corrected chi connectivity index (χ2v) is 3.36. The van der Waals surface area contributed by atoms with Crippen molar-refractivity contribution in [3.8, 4) is 5.88 Å². The van der Waals surface area contributed by atoms with Crippen LogP contribution in [0.4, 0.5) is 22.0 Å². The van der Waals surface area contributed by atoms with Crippen LogP contribution in [0.5, 0.6) is 5.88 Å². The summed E-state index contributed by atoms with van der Waals surface area (Å²) in [6.07, 6.45) is -8.56. The summed E-state index contributed by atoms with van der Waals surface area (Å²) in [5.41, 5.74) is -3.72. The molecule has 1 aromatic heterocycles. The smallest absolute Gasteiger partial charge is 0.462 e. The fourth-order valence-electron chi connectivity index (χ4n) is 1.31. The van der Waals surface area contributed by atoms with Crippen LogP contribution in [0.1, 0.15) is 29.4 Å². The van der Waals surface area contributed by atoms with Gasteiger partial charge >= 0.3 is 12.3 Å². The minimum Gasteiger partial charge on any atom is -0.462 e. The van der Waals surface area contributed by atoms with E-state index in [1.807, 2.05) is 0 Å². The standard InChI is InChI=1S/C10H8F5NO4/c1-2-19-9(18)6-4(17)3-5(20-10(13,14)15)16-7(6)8(11)12/h3,8H,2H2,1H3,(H,16,17). The van der Waals surface area contributed by atoms with Gasteiger partial charge in [0, 0.05) is 6.07 Å². The van der Waals surface area contributed by atoms with Gasteiger partial charge in [-0.3, -0.25) is 4.79 Å². The van der Waals surface area contributed by atoms with Crippen LogP contribution in [-0.2, 0) is 4.74 Å². The molecule has 0 unspecified atom stereocenters. The lowest BCUT2D eigenvalue weighted by Crippen LogP contribution is -2.24. The van der Waals surface area contributed by atoms with Crippen LogP contribution in [0.3, 0.4) is 0 Å². The van der Waals surface area contributed by atoms with Crippen molar-refractivity contribution in [3.63, 3.8) is 0 Å². The second-order valence-electron chi connectivity index (χ2n) is 3.36. The molecule has 0 fully saturated rings. The van der Waals surface area contributed by atoms with E-state index >= 15 is 0 Å². The lowest BCUT2D eigenvalue weighted by molar-refractivity contribution is -0.276. The normalized spacial score (nSPS) is 11.6. The number of rotatable bonds is 4. The van der Waals surface area contributed by atoms with E-state index in [2.05, 4.69) is 9.47 Å². The molecular formula is C10H8F5NO4. The topological polar surface area (TPSA) is 68.4 Å². The number of hydrogen-bond donors (Lipinski definition) is 1. The van der Waals surface area contributed by atoms with Crippen molar-refractivity contribution in [2.45, 2.75) is 19.7 Å². The first-order valence-electron chi connectivity index (χ1n) is 5.14. The van der Waals surface area contributed by atoms with E-state index in [0.717, 1.165) is 0 Å². The molecule has 1 heterocycles. The van der Waals surface area contributed by atoms with Crippen molar-refractivity contribution in [2.75, 3.05) is 6.61 Å². The molecule has 0 saturated heterocycles. The van der Waals surface area contributed by atoms with E-state index in [1.54, 1.807) is 4.98 Å². The zero-order chi connectivity index (χ0) is 15.5. The molecule has 20 heavy (non-hydrogen) atoms. The van der Waals surface area contributed by atoms with Gasteiger partial charge in [-0.05, 0) is 6.92 Å². The first-order chi connectivity index (χ1) is 9.15. The molecule has 0 aliphatic carbocycles. The number of esters is 1. The average Bonchev–Trinajstić information content (AvgIpc) is 2.25. The van der Waals surface area contributed by atoms with Gasteiger partial charge in [-0.1, -0.05) is 0 Å². The van der Waals surface area contributed by atoms with Crippen molar-refractivity contribution in [1.82, 2.24) is 4.98 Å². The maximum atomic E-state index is 12.7. The molecule has 1 rings (SSSR count). The molecule has 0 aliphatic heterocycles. The Hall–Kier alpha value is -2.13. The number of halogens is 5. The Morgan fingerprint density at radius 1 is 1.40 bits per heavy atom. The molecule has 10 heteroatoms. The SMILES string of the molecule is CCOC(=O)c1c(C(F)F)[nH]c(OC(F)(F)F)cc1=O. The summed E-state index contributed by atoms with van der Waals surface area (Å²) >= 11 is 0. The number of carbonyl (C=O) groups excluding carboxylic acids is 1. The molecular weight excluding hydrogens is 293 g/mol. The molecule has 0 aliphatic rings. The van der Waals surface area contributed by atoms with Gasteiger partial charge < -0.3 is 14.5 Å². The Kier molecular flexibility index (Phi) is 4.69. The minimum absolute atomic E-state index is 0.193. The van der Waals surface area contributed by atoms with Crippen molar-refractivity contribution in [3.05, 3.63) is 27.5 Å². The number of pyridine rings is 1. The zero-order valence-electron chi connectivity index (χ0n) is 9.88. The summed E-state index contributed by atoms with van der Waals surface area (Å²) < 4.78 is 69.0. The summed E-state index contributed by atoms with van der Waals surface area (Å²) in [7, 11) is 0. The van der Waals surface area contributed by atoms with Crippen LogP contribution in [0, 0.1) is 0 Å². The molecule has 0 spiro atoms. The van der Waals surface area contributed by atoms with E-state index in [-0.39, 0.29) is 12.7 Å². The Morgan fingerprint density at radius 3 is 2.45 bits per heavy atom. The van der Waals surface area contributed by atoms with Gasteiger partial charge in [0.25, 0.3) is 6.43 Å². The maximum absolute atomic E-state index is 12.7. The maximum Gasteiger partial charge on any atom is 0.574 e. The Labute approximate surface area is 108 Å². The lowest BCUT2D eigenvalue weighted by Gasteiger charge is -2.12. The summed E-state index contributed by atoms with van der Waals surface area (Å²) in [6.45, 7) is 1.18. The Bertz CT molecular complexity index is 552. The summed E-state index contributed by atoms with van der Waals surface area (Å²) in [5.74, 6) is -2.60. The average molecular weight is 301 g/mol. The van der Waals surface area contributed by atoms with E-state index in [9.17, 15) is 31.5 Å². The molecule has 1 N–H and O–H groups in total. The monoisotopic (exact) mass is 301 g/mol. The molecule has 0 bridgehead atoms. The zero-order valence-corrected chi connectivity index (χ0v) is 9.88. The number of hydrogen-bond acceptors (Lipinski definition) is 4. The van der Waals surface area contributed by atoms with Crippen molar-refractivity contribution >= 4 is 5.97 Å². The van der Waals surface area contributed by atoms with E-state index in [4.69, 9.17) is 0 Å². The summed E-state index contributed by atoms with van der Waals surface area (Å²) in [6, 6.07) is 0.242. The lowest BCUT2D eigenvalue weighted by atomic mass is 10.2. The van der Waals surface area contributed by atoms with Crippen molar-refractivity contribution < 1.29 is 36.2 Å². The van der Waals surface area contributed by atoms with Gasteiger partial charge in [-0.15, -0.1) is 13.2 Å². The van der Waals surface area contributed by atoms with E-state index in [0.29, 0.717) is 0 Å². The predicted octanol–water partition coefficient (Wildman–Crippen LogP) is 2.39. The second kappa shape index (κ2) is 5.88. The van der Waals surface area contributed by atoms with Gasteiger partial charge in [0.2, 0.25) is 5.88 Å². The van der Waals surface area contributed by atoms with Crippen molar-refractivity contribution in [2.24, 2.45) is 0 Å². The third kappa shape index (κ3) is 3.93. The van der Waals surface area contributed by atoms with Crippen LogP contribution < -0.4 is 10.2 Å². The molecule has 0 atom stereocenters. The first kappa shape index (κ1) is 15.9. The Morgan fingerprint density at radius 2 is 2.00 bits per heavy atom. The van der Waals surface area contributed by atoms with E-state index in [1.165, 1.54) is 6.92 Å². The number of ether oxygens (including phenoxy) is 2. The van der Waals surface area contributed by atoms with Crippen LogP contribution in [-0.4, -0.2) is 23.9 Å². The van der Waals surface area contributed by atoms with E-state index < -0.39 is 41.3 Å². The highest BCUT2D eigenvalue weighted by atomic mass is 19.4. The highest BCUT2D eigenvalue weighted by molar-refractivity contribution is 5.90. The van der Waals surface area contributed by atoms with Crippen molar-refractivity contribution in [1.29, 1.82) is 0 Å². The van der Waals surface area contributed by atoms with Crippen LogP contribution in [0.15, 0.2) is 10.9 Å². The number of aromatic nitrogens is 1. The van der Waals surface area contributed by atoms with Crippen LogP contribution in [0.2, 0.25) is 0 Å². The molecule has 1 aromatic rings. The molecule has 5 nitrogen and oxygen atoms in total. The van der Waals surface area contributed by atoms with Gasteiger partial charge in [0.1, 0.15) is 11.3 Å². The molecule has 0 saturated carbocycles. The third-order valence-electron chi connectivity index (χ3n) is 1.96. The first-order valence-corrected chi connectivity index (χ1v) is 5.14. The number of aromatic amines is 1. The highest BCUT2D eigenvalue weighted by Crippen LogP contribution is 2.25. The largest absolute Gasteiger partial charge is 0.574 e. The third-order valence-corrected chi connectivity index (χ3v) is 1.96. The molecule has 0 radical (unpaired) electrons. The van der Waals surface area contributed by atoms with Gasteiger partial charge in [-0.2, -0.15) is 0 Å². The number of H-pyrrole nitrogens is 1. The van der Waals surface area contributed by atoms with Crippen LogP contribution >= 0.6 is 0 Å². The minimum atomic E-state index is -5.17. The summed E-state index contributed by atoms with van der Waals surface area (Å²) in [5, 5.41) is 0.